The molecule has 0 heterocycles. The molecule has 3 aromatic rings. The highest BCUT2D eigenvalue weighted by molar-refractivity contribution is 5.79. The zero-order chi connectivity index (χ0) is 23.4. The summed E-state index contributed by atoms with van der Waals surface area (Å²) in [5.41, 5.74) is 11.3. The fraction of sp³-hybridized carbons (Fsp3) is 0.231. The lowest BCUT2D eigenvalue weighted by Gasteiger charge is -2.19. The number of hydrogen-bond donors (Lipinski definition) is 4. The minimum Gasteiger partial charge on any atom is -0.449 e. The van der Waals surface area contributed by atoms with Crippen LogP contribution in [0.15, 0.2) is 66.7 Å². The molecule has 2 atom stereocenters. The van der Waals surface area contributed by atoms with Crippen molar-refractivity contribution in [2.45, 2.75) is 24.5 Å². The quantitative estimate of drug-likeness (QED) is 0.414. The van der Waals surface area contributed by atoms with Gasteiger partial charge in [-0.05, 0) is 46.4 Å². The monoisotopic (exact) mass is 443 g/mol. The van der Waals surface area contributed by atoms with Gasteiger partial charge in [-0.2, -0.15) is 5.26 Å². The van der Waals surface area contributed by atoms with Crippen molar-refractivity contribution >= 4 is 11.8 Å². The van der Waals surface area contributed by atoms with Crippen LogP contribution in [0.4, 0.5) is 10.5 Å². The molecule has 0 aliphatic heterocycles. The molecule has 0 radical (unpaired) electrons. The van der Waals surface area contributed by atoms with Gasteiger partial charge in [0.1, 0.15) is 18.8 Å². The van der Waals surface area contributed by atoms with E-state index in [1.54, 1.807) is 6.07 Å². The van der Waals surface area contributed by atoms with Crippen molar-refractivity contribution in [2.75, 3.05) is 18.9 Å². The van der Waals surface area contributed by atoms with Gasteiger partial charge in [0, 0.05) is 18.2 Å². The van der Waals surface area contributed by atoms with Gasteiger partial charge in [0.05, 0.1) is 11.7 Å². The second-order valence-electron chi connectivity index (χ2n) is 8.01. The molecule has 1 amide bonds. The Morgan fingerprint density at radius 1 is 1.06 bits per heavy atom. The Bertz CT molecular complexity index is 1160. The second-order valence-corrected chi connectivity index (χ2v) is 8.01. The zero-order valence-electron chi connectivity index (χ0n) is 17.9. The van der Waals surface area contributed by atoms with E-state index in [1.807, 2.05) is 30.3 Å². The summed E-state index contributed by atoms with van der Waals surface area (Å²) in [6.07, 6.45) is -2.78. The van der Waals surface area contributed by atoms with Gasteiger partial charge in [-0.1, -0.05) is 54.6 Å². The van der Waals surface area contributed by atoms with Crippen LogP contribution in [-0.2, 0) is 4.74 Å². The number of benzene rings is 3. The summed E-state index contributed by atoms with van der Waals surface area (Å²) in [5, 5.41) is 32.2. The molecule has 168 valence electrons. The van der Waals surface area contributed by atoms with E-state index in [9.17, 15) is 15.0 Å². The number of alkyl carbamates (subject to hydrolysis) is 1. The maximum absolute atomic E-state index is 12.2. The number of aliphatic hydroxyl groups is 2. The number of hydrogen-bond acceptors (Lipinski definition) is 6. The molecule has 0 fully saturated rings. The van der Waals surface area contributed by atoms with Crippen molar-refractivity contribution < 1.29 is 19.7 Å². The van der Waals surface area contributed by atoms with E-state index >= 15 is 0 Å². The fourth-order valence-corrected chi connectivity index (χ4v) is 4.22. The van der Waals surface area contributed by atoms with Crippen molar-refractivity contribution in [3.05, 3.63) is 89.0 Å². The van der Waals surface area contributed by atoms with Gasteiger partial charge >= 0.3 is 6.09 Å². The molecule has 0 saturated carbocycles. The molecule has 7 nitrogen and oxygen atoms in total. The number of rotatable bonds is 7. The van der Waals surface area contributed by atoms with E-state index in [0.717, 1.165) is 22.3 Å². The number of carbonyl (C=O) groups is 1. The summed E-state index contributed by atoms with van der Waals surface area (Å²) in [6, 6.07) is 22.6. The fourth-order valence-electron chi connectivity index (χ4n) is 4.22. The highest BCUT2D eigenvalue weighted by atomic mass is 16.5. The predicted molar refractivity (Wildman–Crippen MR) is 124 cm³/mol. The SMILES string of the molecule is N#Cc1ccc(C(O)C(O)CCNC(=O)OCC2c3ccccc3-c3ccccc32)cc1N. The smallest absolute Gasteiger partial charge is 0.407 e. The number of amides is 1. The lowest BCUT2D eigenvalue weighted by atomic mass is 9.98. The molecular formula is C26H25N3O4. The van der Waals surface area contributed by atoms with Crippen molar-refractivity contribution in [3.8, 4) is 17.2 Å². The maximum atomic E-state index is 12.2. The standard InChI is InChI=1S/C26H25N3O4/c27-14-17-10-9-16(13-23(17)28)25(31)24(30)11-12-29-26(32)33-15-22-20-7-3-1-5-18(20)19-6-2-4-8-21(19)22/h1-10,13,22,24-25,30-31H,11-12,15,28H2,(H,29,32). The van der Waals surface area contributed by atoms with E-state index in [-0.39, 0.29) is 31.2 Å². The lowest BCUT2D eigenvalue weighted by molar-refractivity contribution is 0.0137. The number of nitrogen functional groups attached to an aromatic ring is 1. The van der Waals surface area contributed by atoms with Crippen LogP contribution in [0.25, 0.3) is 11.1 Å². The van der Waals surface area contributed by atoms with Crippen molar-refractivity contribution in [1.29, 1.82) is 5.26 Å². The summed E-state index contributed by atoms with van der Waals surface area (Å²) in [6.45, 7) is 0.330. The highest BCUT2D eigenvalue weighted by Crippen LogP contribution is 2.44. The third-order valence-corrected chi connectivity index (χ3v) is 5.96. The van der Waals surface area contributed by atoms with Gasteiger partial charge in [-0.25, -0.2) is 4.79 Å². The van der Waals surface area contributed by atoms with Crippen LogP contribution in [0.3, 0.4) is 0 Å². The largest absolute Gasteiger partial charge is 0.449 e. The zero-order valence-corrected chi connectivity index (χ0v) is 17.9. The molecule has 5 N–H and O–H groups in total. The molecule has 2 unspecified atom stereocenters. The first-order chi connectivity index (χ1) is 16.0. The Hall–Kier alpha value is -3.86. The Labute approximate surface area is 192 Å². The van der Waals surface area contributed by atoms with Crippen LogP contribution >= 0.6 is 0 Å². The number of nitriles is 1. The molecule has 3 aromatic carbocycles. The van der Waals surface area contributed by atoms with Crippen LogP contribution in [0.1, 0.15) is 40.7 Å². The summed E-state index contributed by atoms with van der Waals surface area (Å²) in [5.74, 6) is -0.0302. The van der Waals surface area contributed by atoms with Crippen LogP contribution in [0, 0.1) is 11.3 Å². The summed E-state index contributed by atoms with van der Waals surface area (Å²) >= 11 is 0. The first kappa shape index (κ1) is 22.3. The van der Waals surface area contributed by atoms with Gasteiger partial charge in [-0.3, -0.25) is 0 Å². The first-order valence-corrected chi connectivity index (χ1v) is 10.7. The molecule has 1 aliphatic rings. The minimum absolute atomic E-state index is 0.0302. The van der Waals surface area contributed by atoms with Gasteiger partial charge in [0.15, 0.2) is 0 Å². The highest BCUT2D eigenvalue weighted by Gasteiger charge is 2.29. The number of anilines is 1. The molecule has 0 spiro atoms. The Balaban J connectivity index is 1.28. The van der Waals surface area contributed by atoms with E-state index in [4.69, 9.17) is 15.7 Å². The number of nitrogens with one attached hydrogen (secondary N) is 1. The second kappa shape index (κ2) is 9.74. The summed E-state index contributed by atoms with van der Waals surface area (Å²) in [4.78, 5) is 12.2. The van der Waals surface area contributed by atoms with Crippen molar-refractivity contribution in [3.63, 3.8) is 0 Å². The number of aliphatic hydroxyl groups excluding tert-OH is 2. The Kier molecular flexibility index (Phi) is 6.59. The predicted octanol–water partition coefficient (Wildman–Crippen LogP) is 3.46. The summed E-state index contributed by atoms with van der Waals surface area (Å²) < 4.78 is 5.47. The van der Waals surface area contributed by atoms with Gasteiger partial charge < -0.3 is 26.0 Å². The number of ether oxygens (including phenoxy) is 1. The Morgan fingerprint density at radius 3 is 2.30 bits per heavy atom. The van der Waals surface area contributed by atoms with Crippen molar-refractivity contribution in [1.82, 2.24) is 5.32 Å². The topological polar surface area (TPSA) is 129 Å². The lowest BCUT2D eigenvalue weighted by Crippen LogP contribution is -2.30. The molecule has 33 heavy (non-hydrogen) atoms. The van der Waals surface area contributed by atoms with Gasteiger partial charge in [-0.15, -0.1) is 0 Å². The number of nitrogens with two attached hydrogens (primary N) is 1. The average Bonchev–Trinajstić information content (AvgIpc) is 3.16. The maximum Gasteiger partial charge on any atom is 0.407 e. The molecule has 0 bridgehead atoms. The Morgan fingerprint density at radius 2 is 1.70 bits per heavy atom. The van der Waals surface area contributed by atoms with E-state index in [1.165, 1.54) is 12.1 Å². The third kappa shape index (κ3) is 4.67. The molecule has 0 saturated heterocycles. The molecule has 1 aliphatic carbocycles. The third-order valence-electron chi connectivity index (χ3n) is 5.96. The summed E-state index contributed by atoms with van der Waals surface area (Å²) in [7, 11) is 0. The number of fused-ring (bicyclic) bond motifs is 3. The van der Waals surface area contributed by atoms with E-state index in [0.29, 0.717) is 11.1 Å². The normalized spacial score (nSPS) is 14.0. The molecule has 0 aromatic heterocycles. The van der Waals surface area contributed by atoms with Crippen LogP contribution in [0.5, 0.6) is 0 Å². The van der Waals surface area contributed by atoms with Crippen LogP contribution in [-0.4, -0.2) is 35.6 Å². The first-order valence-electron chi connectivity index (χ1n) is 10.7. The van der Waals surface area contributed by atoms with Gasteiger partial charge in [0.2, 0.25) is 0 Å². The van der Waals surface area contributed by atoms with E-state index < -0.39 is 18.3 Å². The van der Waals surface area contributed by atoms with Crippen LogP contribution in [0.2, 0.25) is 0 Å². The minimum atomic E-state index is -1.19. The number of carbonyl (C=O) groups excluding carboxylic acids is 1. The van der Waals surface area contributed by atoms with Gasteiger partial charge in [0.25, 0.3) is 0 Å². The van der Waals surface area contributed by atoms with E-state index in [2.05, 4.69) is 29.6 Å². The number of nitrogens with zero attached hydrogens (tertiary/aromatic N) is 1. The molecule has 7 heteroatoms. The van der Waals surface area contributed by atoms with Crippen LogP contribution < -0.4 is 11.1 Å². The average molecular weight is 444 g/mol. The molecule has 4 rings (SSSR count). The molecular weight excluding hydrogens is 418 g/mol. The van der Waals surface area contributed by atoms with Crippen molar-refractivity contribution in [2.24, 2.45) is 0 Å².